The monoisotopic (exact) mass is 372 g/mol. The first-order chi connectivity index (χ1) is 13.0. The minimum Gasteiger partial charge on any atom is -0.493 e. The van der Waals surface area contributed by atoms with Gasteiger partial charge in [0, 0.05) is 43.8 Å². The lowest BCUT2D eigenvalue weighted by Crippen LogP contribution is -2.37. The summed E-state index contributed by atoms with van der Waals surface area (Å²) >= 11 is 0. The normalized spacial score (nSPS) is 13.1. The summed E-state index contributed by atoms with van der Waals surface area (Å²) in [7, 11) is 3.09. The van der Waals surface area contributed by atoms with Gasteiger partial charge in [-0.3, -0.25) is 14.5 Å². The number of carbonyl (C=O) groups is 2. The lowest BCUT2D eigenvalue weighted by molar-refractivity contribution is -0.122. The lowest BCUT2D eigenvalue weighted by atomic mass is 10.2. The van der Waals surface area contributed by atoms with Crippen molar-refractivity contribution in [1.82, 2.24) is 9.78 Å². The number of anilines is 2. The molecule has 0 saturated carbocycles. The van der Waals surface area contributed by atoms with Crippen molar-refractivity contribution >= 4 is 23.3 Å². The van der Waals surface area contributed by atoms with Gasteiger partial charge in [0.2, 0.25) is 11.8 Å². The summed E-state index contributed by atoms with van der Waals surface area (Å²) in [6.45, 7) is 3.37. The third kappa shape index (κ3) is 4.21. The molecule has 0 radical (unpaired) electrons. The highest BCUT2D eigenvalue weighted by molar-refractivity contribution is 5.98. The molecule has 144 valence electrons. The fourth-order valence-corrected chi connectivity index (χ4v) is 3.15. The van der Waals surface area contributed by atoms with Crippen LogP contribution in [0.2, 0.25) is 0 Å². The van der Waals surface area contributed by atoms with E-state index in [0.717, 1.165) is 24.5 Å². The Labute approximate surface area is 158 Å². The van der Waals surface area contributed by atoms with Crippen LogP contribution in [-0.4, -0.2) is 42.4 Å². The molecular weight excluding hydrogens is 348 g/mol. The third-order valence-corrected chi connectivity index (χ3v) is 4.44. The molecule has 2 heterocycles. The molecule has 0 atom stereocenters. The van der Waals surface area contributed by atoms with Crippen molar-refractivity contribution in [2.45, 2.75) is 32.7 Å². The Balaban J connectivity index is 1.57. The van der Waals surface area contributed by atoms with Gasteiger partial charge in [-0.15, -0.1) is 0 Å². The Morgan fingerprint density at radius 2 is 1.89 bits per heavy atom. The summed E-state index contributed by atoms with van der Waals surface area (Å²) in [6, 6.07) is 7.04. The second kappa shape index (κ2) is 8.11. The van der Waals surface area contributed by atoms with Gasteiger partial charge in [0.05, 0.1) is 19.9 Å². The van der Waals surface area contributed by atoms with Crippen LogP contribution < -0.4 is 19.7 Å². The number of amides is 2. The van der Waals surface area contributed by atoms with Crippen LogP contribution in [0.5, 0.6) is 11.5 Å². The smallest absolute Gasteiger partial charge is 0.228 e. The van der Waals surface area contributed by atoms with E-state index in [9.17, 15) is 9.59 Å². The number of nitrogens with one attached hydrogen (secondary N) is 1. The number of fused-ring (bicyclic) bond motifs is 1. The molecule has 2 amide bonds. The summed E-state index contributed by atoms with van der Waals surface area (Å²) in [5.74, 6) is 1.63. The third-order valence-electron chi connectivity index (χ3n) is 4.44. The van der Waals surface area contributed by atoms with E-state index in [1.807, 2.05) is 17.7 Å². The maximum absolute atomic E-state index is 12.6. The molecule has 1 aromatic carbocycles. The van der Waals surface area contributed by atoms with Crippen molar-refractivity contribution in [2.75, 3.05) is 31.0 Å². The lowest BCUT2D eigenvalue weighted by Gasteiger charge is -2.27. The van der Waals surface area contributed by atoms with Crippen molar-refractivity contribution in [3.05, 3.63) is 30.0 Å². The highest BCUT2D eigenvalue weighted by Crippen LogP contribution is 2.30. The SMILES string of the molecule is COc1ccc(NC(=O)CCC(=O)N2CCCn3nc(C)cc32)cc1OC. The number of hydrogen-bond donors (Lipinski definition) is 1. The Morgan fingerprint density at radius 1 is 1.11 bits per heavy atom. The van der Waals surface area contributed by atoms with E-state index < -0.39 is 0 Å². The molecule has 0 bridgehead atoms. The van der Waals surface area contributed by atoms with E-state index >= 15 is 0 Å². The minimum absolute atomic E-state index is 0.0710. The Bertz CT molecular complexity index is 846. The highest BCUT2D eigenvalue weighted by atomic mass is 16.5. The van der Waals surface area contributed by atoms with E-state index in [2.05, 4.69) is 10.4 Å². The standard InChI is InChI=1S/C19H24N4O4/c1-13-11-18-22(9-4-10-23(18)21-13)19(25)8-7-17(24)20-14-5-6-15(26-2)16(12-14)27-3/h5-6,11-12H,4,7-10H2,1-3H3,(H,20,24). The number of rotatable bonds is 6. The van der Waals surface area contributed by atoms with Crippen LogP contribution in [0.4, 0.5) is 11.5 Å². The molecule has 0 spiro atoms. The van der Waals surface area contributed by atoms with Gasteiger partial charge in [-0.25, -0.2) is 4.68 Å². The largest absolute Gasteiger partial charge is 0.493 e. The van der Waals surface area contributed by atoms with Gasteiger partial charge in [0.25, 0.3) is 0 Å². The van der Waals surface area contributed by atoms with Crippen molar-refractivity contribution < 1.29 is 19.1 Å². The average molecular weight is 372 g/mol. The molecule has 1 aromatic heterocycles. The molecule has 2 aromatic rings. The average Bonchev–Trinajstić information content (AvgIpc) is 3.06. The maximum Gasteiger partial charge on any atom is 0.228 e. The predicted octanol–water partition coefficient (Wildman–Crippen LogP) is 2.36. The quantitative estimate of drug-likeness (QED) is 0.841. The number of ether oxygens (including phenoxy) is 2. The number of aryl methyl sites for hydroxylation is 2. The predicted molar refractivity (Wildman–Crippen MR) is 101 cm³/mol. The molecule has 3 rings (SSSR count). The van der Waals surface area contributed by atoms with Crippen molar-refractivity contribution in [3.8, 4) is 11.5 Å². The van der Waals surface area contributed by atoms with Crippen LogP contribution in [-0.2, 0) is 16.1 Å². The number of methoxy groups -OCH3 is 2. The summed E-state index contributed by atoms with van der Waals surface area (Å²) in [4.78, 5) is 26.5. The summed E-state index contributed by atoms with van der Waals surface area (Å²) in [5, 5.41) is 7.17. The molecule has 0 unspecified atom stereocenters. The van der Waals surface area contributed by atoms with Crippen molar-refractivity contribution in [2.24, 2.45) is 0 Å². The molecule has 8 heteroatoms. The fraction of sp³-hybridized carbons (Fsp3) is 0.421. The van der Waals surface area contributed by atoms with Crippen LogP contribution in [0.3, 0.4) is 0 Å². The summed E-state index contributed by atoms with van der Waals surface area (Å²) in [5.41, 5.74) is 1.48. The van der Waals surface area contributed by atoms with E-state index in [4.69, 9.17) is 9.47 Å². The van der Waals surface area contributed by atoms with Gasteiger partial charge in [-0.1, -0.05) is 0 Å². The molecule has 27 heavy (non-hydrogen) atoms. The Morgan fingerprint density at radius 3 is 2.63 bits per heavy atom. The molecule has 0 aliphatic carbocycles. The topological polar surface area (TPSA) is 85.7 Å². The number of aromatic nitrogens is 2. The summed E-state index contributed by atoms with van der Waals surface area (Å²) < 4.78 is 12.3. The zero-order valence-electron chi connectivity index (χ0n) is 15.8. The molecule has 1 N–H and O–H groups in total. The minimum atomic E-state index is -0.225. The Hall–Kier alpha value is -3.03. The molecular formula is C19H24N4O4. The van der Waals surface area contributed by atoms with E-state index in [1.165, 1.54) is 7.11 Å². The fourth-order valence-electron chi connectivity index (χ4n) is 3.15. The second-order valence-electron chi connectivity index (χ2n) is 6.38. The van der Waals surface area contributed by atoms with Crippen LogP contribution in [0.15, 0.2) is 24.3 Å². The first-order valence-corrected chi connectivity index (χ1v) is 8.88. The Kier molecular flexibility index (Phi) is 5.63. The molecule has 0 fully saturated rings. The van der Waals surface area contributed by atoms with E-state index in [0.29, 0.717) is 23.7 Å². The molecule has 1 aliphatic heterocycles. The van der Waals surface area contributed by atoms with Gasteiger partial charge in [-0.2, -0.15) is 5.10 Å². The number of carbonyl (C=O) groups excluding carboxylic acids is 2. The molecule has 1 aliphatic rings. The van der Waals surface area contributed by atoms with Gasteiger partial charge in [0.1, 0.15) is 5.82 Å². The van der Waals surface area contributed by atoms with E-state index in [-0.39, 0.29) is 24.7 Å². The van der Waals surface area contributed by atoms with Gasteiger partial charge in [-0.05, 0) is 25.5 Å². The first-order valence-electron chi connectivity index (χ1n) is 8.88. The number of benzene rings is 1. The highest BCUT2D eigenvalue weighted by Gasteiger charge is 2.24. The van der Waals surface area contributed by atoms with E-state index in [1.54, 1.807) is 30.2 Å². The van der Waals surface area contributed by atoms with Gasteiger partial charge in [0.15, 0.2) is 11.5 Å². The van der Waals surface area contributed by atoms with Gasteiger partial charge < -0.3 is 14.8 Å². The van der Waals surface area contributed by atoms with Crippen molar-refractivity contribution in [1.29, 1.82) is 0 Å². The second-order valence-corrected chi connectivity index (χ2v) is 6.38. The molecule has 8 nitrogen and oxygen atoms in total. The van der Waals surface area contributed by atoms with Crippen LogP contribution in [0, 0.1) is 6.92 Å². The van der Waals surface area contributed by atoms with Crippen LogP contribution in [0.1, 0.15) is 25.0 Å². The zero-order valence-corrected chi connectivity index (χ0v) is 15.8. The van der Waals surface area contributed by atoms with Gasteiger partial charge >= 0.3 is 0 Å². The number of hydrogen-bond acceptors (Lipinski definition) is 5. The number of nitrogens with zero attached hydrogens (tertiary/aromatic N) is 3. The summed E-state index contributed by atoms with van der Waals surface area (Å²) in [6.07, 6.45) is 1.11. The van der Waals surface area contributed by atoms with Crippen LogP contribution >= 0.6 is 0 Å². The first kappa shape index (κ1) is 18.8. The molecule has 0 saturated heterocycles. The maximum atomic E-state index is 12.6. The zero-order chi connectivity index (χ0) is 19.4. The van der Waals surface area contributed by atoms with Crippen LogP contribution in [0.25, 0.3) is 0 Å². The van der Waals surface area contributed by atoms with Crippen molar-refractivity contribution in [3.63, 3.8) is 0 Å².